The molecule has 0 aliphatic carbocycles. The first-order valence-electron chi connectivity index (χ1n) is 6.81. The molecule has 1 aliphatic heterocycles. The summed E-state index contributed by atoms with van der Waals surface area (Å²) in [5.74, 6) is 0.896. The first-order valence-corrected chi connectivity index (χ1v) is 6.81. The van der Waals surface area contributed by atoms with Gasteiger partial charge in [-0.3, -0.25) is 4.90 Å². The van der Waals surface area contributed by atoms with Crippen molar-refractivity contribution in [2.45, 2.75) is 33.4 Å². The predicted octanol–water partition coefficient (Wildman–Crippen LogP) is 2.65. The van der Waals surface area contributed by atoms with Crippen LogP contribution in [0, 0.1) is 13.8 Å². The van der Waals surface area contributed by atoms with Gasteiger partial charge in [-0.15, -0.1) is 0 Å². The molecule has 0 bridgehead atoms. The van der Waals surface area contributed by atoms with Crippen molar-refractivity contribution in [1.29, 1.82) is 0 Å². The van der Waals surface area contributed by atoms with Gasteiger partial charge in [-0.2, -0.15) is 0 Å². The number of aromatic nitrogens is 2. The van der Waals surface area contributed by atoms with Crippen LogP contribution in [0.3, 0.4) is 0 Å². The topological polar surface area (TPSA) is 29.0 Å². The zero-order chi connectivity index (χ0) is 13.2. The van der Waals surface area contributed by atoms with Crippen LogP contribution in [0.4, 0.5) is 0 Å². The van der Waals surface area contributed by atoms with Crippen molar-refractivity contribution in [1.82, 2.24) is 14.9 Å². The van der Waals surface area contributed by atoms with Crippen LogP contribution in [0.15, 0.2) is 30.3 Å². The molecule has 3 heteroatoms. The predicted molar refractivity (Wildman–Crippen MR) is 75.8 cm³/mol. The Bertz CT molecular complexity index is 578. The normalized spacial score (nSPS) is 15.3. The second kappa shape index (κ2) is 5.10. The monoisotopic (exact) mass is 253 g/mol. The molecule has 0 spiro atoms. The summed E-state index contributed by atoms with van der Waals surface area (Å²) < 4.78 is 0. The summed E-state index contributed by atoms with van der Waals surface area (Å²) >= 11 is 0. The van der Waals surface area contributed by atoms with Crippen LogP contribution in [0.25, 0.3) is 0 Å². The lowest BCUT2D eigenvalue weighted by atomic mass is 10.0. The number of nitrogens with zero attached hydrogens (tertiary/aromatic N) is 3. The van der Waals surface area contributed by atoms with E-state index >= 15 is 0 Å². The second-order valence-corrected chi connectivity index (χ2v) is 5.23. The van der Waals surface area contributed by atoms with E-state index in [9.17, 15) is 0 Å². The molecule has 19 heavy (non-hydrogen) atoms. The van der Waals surface area contributed by atoms with E-state index < -0.39 is 0 Å². The fourth-order valence-corrected chi connectivity index (χ4v) is 2.76. The molecule has 0 saturated carbocycles. The SMILES string of the molecule is Cc1nc(C)c2c(n1)CCN(Cc1ccccc1)C2. The Morgan fingerprint density at radius 2 is 1.89 bits per heavy atom. The number of hydrogen-bond acceptors (Lipinski definition) is 3. The Morgan fingerprint density at radius 3 is 2.68 bits per heavy atom. The standard InChI is InChI=1S/C16H19N3/c1-12-15-11-19(10-14-6-4-3-5-7-14)9-8-16(15)18-13(2)17-12/h3-7H,8-11H2,1-2H3. The van der Waals surface area contributed by atoms with E-state index in [4.69, 9.17) is 0 Å². The highest BCUT2D eigenvalue weighted by atomic mass is 15.1. The summed E-state index contributed by atoms with van der Waals surface area (Å²) in [5, 5.41) is 0. The van der Waals surface area contributed by atoms with Gasteiger partial charge in [0.25, 0.3) is 0 Å². The van der Waals surface area contributed by atoms with Crippen LogP contribution in [-0.2, 0) is 19.5 Å². The third-order valence-electron chi connectivity index (χ3n) is 3.71. The van der Waals surface area contributed by atoms with Gasteiger partial charge in [0.1, 0.15) is 5.82 Å². The number of rotatable bonds is 2. The Balaban J connectivity index is 1.79. The Kier molecular flexibility index (Phi) is 3.30. The van der Waals surface area contributed by atoms with Gasteiger partial charge in [0, 0.05) is 37.3 Å². The molecule has 1 aromatic carbocycles. The third-order valence-corrected chi connectivity index (χ3v) is 3.71. The minimum Gasteiger partial charge on any atom is -0.294 e. The fraction of sp³-hybridized carbons (Fsp3) is 0.375. The van der Waals surface area contributed by atoms with Crippen LogP contribution in [0.5, 0.6) is 0 Å². The highest BCUT2D eigenvalue weighted by Gasteiger charge is 2.20. The van der Waals surface area contributed by atoms with Crippen molar-refractivity contribution in [2.75, 3.05) is 6.54 Å². The highest BCUT2D eigenvalue weighted by Crippen LogP contribution is 2.21. The maximum absolute atomic E-state index is 4.58. The molecule has 0 amide bonds. The van der Waals surface area contributed by atoms with E-state index in [0.717, 1.165) is 37.6 Å². The molecule has 3 rings (SSSR count). The van der Waals surface area contributed by atoms with Gasteiger partial charge < -0.3 is 0 Å². The van der Waals surface area contributed by atoms with Crippen LogP contribution >= 0.6 is 0 Å². The average molecular weight is 253 g/mol. The van der Waals surface area contributed by atoms with Crippen molar-refractivity contribution in [3.05, 3.63) is 58.7 Å². The Labute approximate surface area is 114 Å². The molecule has 1 aliphatic rings. The second-order valence-electron chi connectivity index (χ2n) is 5.23. The van der Waals surface area contributed by atoms with E-state index in [1.165, 1.54) is 16.8 Å². The summed E-state index contributed by atoms with van der Waals surface area (Å²) in [7, 11) is 0. The lowest BCUT2D eigenvalue weighted by Gasteiger charge is -2.29. The molecule has 2 aromatic rings. The van der Waals surface area contributed by atoms with Crippen LogP contribution in [-0.4, -0.2) is 21.4 Å². The largest absolute Gasteiger partial charge is 0.294 e. The third kappa shape index (κ3) is 2.66. The smallest absolute Gasteiger partial charge is 0.125 e. The van der Waals surface area contributed by atoms with E-state index in [1.807, 2.05) is 6.92 Å². The first-order chi connectivity index (χ1) is 9.22. The van der Waals surface area contributed by atoms with Gasteiger partial charge in [-0.25, -0.2) is 9.97 Å². The van der Waals surface area contributed by atoms with Crippen molar-refractivity contribution in [3.8, 4) is 0 Å². The summed E-state index contributed by atoms with van der Waals surface area (Å²) in [6.45, 7) is 7.13. The number of benzene rings is 1. The number of aryl methyl sites for hydroxylation is 2. The van der Waals surface area contributed by atoms with Gasteiger partial charge >= 0.3 is 0 Å². The van der Waals surface area contributed by atoms with Gasteiger partial charge in [0.05, 0.1) is 5.69 Å². The first kappa shape index (κ1) is 12.3. The lowest BCUT2D eigenvalue weighted by Crippen LogP contribution is -2.31. The summed E-state index contributed by atoms with van der Waals surface area (Å²) in [4.78, 5) is 11.5. The molecule has 3 nitrogen and oxygen atoms in total. The lowest BCUT2D eigenvalue weighted by molar-refractivity contribution is 0.242. The van der Waals surface area contributed by atoms with Crippen LogP contribution < -0.4 is 0 Å². The van der Waals surface area contributed by atoms with Crippen molar-refractivity contribution >= 4 is 0 Å². The Hall–Kier alpha value is -1.74. The minimum atomic E-state index is 0.896. The average Bonchev–Trinajstić information content (AvgIpc) is 2.40. The van der Waals surface area contributed by atoms with E-state index in [2.05, 4.69) is 52.1 Å². The molecule has 98 valence electrons. The summed E-state index contributed by atoms with van der Waals surface area (Å²) in [5.41, 5.74) is 5.08. The molecule has 0 atom stereocenters. The molecular formula is C16H19N3. The minimum absolute atomic E-state index is 0.896. The van der Waals surface area contributed by atoms with E-state index in [1.54, 1.807) is 0 Å². The Morgan fingerprint density at radius 1 is 1.11 bits per heavy atom. The fourth-order valence-electron chi connectivity index (χ4n) is 2.76. The molecule has 2 heterocycles. The van der Waals surface area contributed by atoms with Crippen molar-refractivity contribution < 1.29 is 0 Å². The zero-order valence-electron chi connectivity index (χ0n) is 11.6. The molecule has 0 fully saturated rings. The molecule has 1 aromatic heterocycles. The van der Waals surface area contributed by atoms with Crippen molar-refractivity contribution in [2.24, 2.45) is 0 Å². The summed E-state index contributed by atoms with van der Waals surface area (Å²) in [6.07, 6.45) is 1.03. The van der Waals surface area contributed by atoms with E-state index in [0.29, 0.717) is 0 Å². The summed E-state index contributed by atoms with van der Waals surface area (Å²) in [6, 6.07) is 10.6. The van der Waals surface area contributed by atoms with Gasteiger partial charge in [0.15, 0.2) is 0 Å². The quantitative estimate of drug-likeness (QED) is 0.824. The number of fused-ring (bicyclic) bond motifs is 1. The molecule has 0 radical (unpaired) electrons. The highest BCUT2D eigenvalue weighted by molar-refractivity contribution is 5.27. The zero-order valence-corrected chi connectivity index (χ0v) is 11.6. The van der Waals surface area contributed by atoms with Crippen LogP contribution in [0.1, 0.15) is 28.3 Å². The van der Waals surface area contributed by atoms with Gasteiger partial charge in [0.2, 0.25) is 0 Å². The molecule has 0 saturated heterocycles. The molecular weight excluding hydrogens is 234 g/mol. The van der Waals surface area contributed by atoms with E-state index in [-0.39, 0.29) is 0 Å². The number of hydrogen-bond donors (Lipinski definition) is 0. The van der Waals surface area contributed by atoms with Crippen LogP contribution in [0.2, 0.25) is 0 Å². The maximum atomic E-state index is 4.58. The van der Waals surface area contributed by atoms with Gasteiger partial charge in [-0.1, -0.05) is 30.3 Å². The molecule has 0 unspecified atom stereocenters. The molecule has 0 N–H and O–H groups in total. The van der Waals surface area contributed by atoms with Crippen molar-refractivity contribution in [3.63, 3.8) is 0 Å². The maximum Gasteiger partial charge on any atom is 0.125 e. The van der Waals surface area contributed by atoms with Gasteiger partial charge in [-0.05, 0) is 19.4 Å².